The van der Waals surface area contributed by atoms with Crippen LogP contribution in [0, 0.1) is 0 Å². The predicted octanol–water partition coefficient (Wildman–Crippen LogP) is 8.63. The Kier molecular flexibility index (Phi) is 3.71. The van der Waals surface area contributed by atoms with E-state index in [9.17, 15) is 0 Å². The van der Waals surface area contributed by atoms with E-state index in [2.05, 4.69) is 84.9 Å². The van der Waals surface area contributed by atoms with Gasteiger partial charge in [-0.3, -0.25) is 0 Å². The van der Waals surface area contributed by atoms with Crippen molar-refractivity contribution < 1.29 is 8.83 Å². The normalized spacial score (nSPS) is 13.2. The molecule has 7 rings (SSSR count). The molecule has 2 heterocycles. The minimum atomic E-state index is 0.917. The van der Waals surface area contributed by atoms with E-state index in [4.69, 9.17) is 8.83 Å². The van der Waals surface area contributed by atoms with E-state index in [1.54, 1.807) is 0 Å². The largest absolute Gasteiger partial charge is 0.456 e. The van der Waals surface area contributed by atoms with Crippen LogP contribution >= 0.6 is 0 Å². The number of aryl methyl sites for hydroxylation is 1. The zero-order valence-electron chi connectivity index (χ0n) is 17.5. The van der Waals surface area contributed by atoms with Gasteiger partial charge in [0.1, 0.15) is 22.5 Å². The van der Waals surface area contributed by atoms with Crippen molar-refractivity contribution in [1.82, 2.24) is 0 Å². The molecular weight excluding hydrogens is 392 g/mol. The van der Waals surface area contributed by atoms with Gasteiger partial charge in [0, 0.05) is 32.8 Å². The fourth-order valence-electron chi connectivity index (χ4n) is 5.12. The maximum absolute atomic E-state index is 6.39. The van der Waals surface area contributed by atoms with E-state index in [0.717, 1.165) is 68.4 Å². The molecule has 0 bridgehead atoms. The van der Waals surface area contributed by atoms with E-state index in [-0.39, 0.29) is 0 Å². The van der Waals surface area contributed by atoms with Gasteiger partial charge in [0.05, 0.1) is 0 Å². The Labute approximate surface area is 185 Å². The van der Waals surface area contributed by atoms with Crippen LogP contribution in [-0.4, -0.2) is 0 Å². The number of furan rings is 2. The Balaban J connectivity index is 1.52. The molecule has 152 valence electrons. The van der Waals surface area contributed by atoms with Gasteiger partial charge in [-0.1, -0.05) is 84.9 Å². The average molecular weight is 412 g/mol. The van der Waals surface area contributed by atoms with Gasteiger partial charge >= 0.3 is 0 Å². The van der Waals surface area contributed by atoms with Crippen LogP contribution in [0.15, 0.2) is 99.8 Å². The summed E-state index contributed by atoms with van der Waals surface area (Å²) in [6, 6.07) is 29.7. The molecule has 0 spiro atoms. The molecule has 0 fully saturated rings. The summed E-state index contributed by atoms with van der Waals surface area (Å²) in [7, 11) is 0. The van der Waals surface area contributed by atoms with Crippen LogP contribution in [0.2, 0.25) is 0 Å². The number of hydrogen-bond acceptors (Lipinski definition) is 2. The minimum absolute atomic E-state index is 0.917. The van der Waals surface area contributed by atoms with Gasteiger partial charge in [-0.2, -0.15) is 0 Å². The minimum Gasteiger partial charge on any atom is -0.456 e. The SMILES string of the molecule is C1=Cc2oc3c(-c4ccccc4-c4cccc5c4oc4ccccc45)cccc3c2CC1. The second-order valence-corrected chi connectivity index (χ2v) is 8.39. The third-order valence-electron chi connectivity index (χ3n) is 6.59. The fraction of sp³-hybridized carbons (Fsp3) is 0.0667. The van der Waals surface area contributed by atoms with Crippen LogP contribution in [0.5, 0.6) is 0 Å². The van der Waals surface area contributed by atoms with Crippen molar-refractivity contribution in [3.8, 4) is 22.3 Å². The van der Waals surface area contributed by atoms with Crippen molar-refractivity contribution in [3.63, 3.8) is 0 Å². The van der Waals surface area contributed by atoms with Crippen LogP contribution in [0.4, 0.5) is 0 Å². The Morgan fingerprint density at radius 2 is 1.16 bits per heavy atom. The molecule has 0 unspecified atom stereocenters. The van der Waals surface area contributed by atoms with E-state index in [1.165, 1.54) is 10.9 Å². The Morgan fingerprint density at radius 1 is 0.531 bits per heavy atom. The lowest BCUT2D eigenvalue weighted by Gasteiger charge is -2.11. The summed E-state index contributed by atoms with van der Waals surface area (Å²) >= 11 is 0. The topological polar surface area (TPSA) is 26.3 Å². The van der Waals surface area contributed by atoms with Gasteiger partial charge in [-0.05, 0) is 36.1 Å². The summed E-state index contributed by atoms with van der Waals surface area (Å²) in [6.45, 7) is 0. The summed E-state index contributed by atoms with van der Waals surface area (Å²) in [5.41, 5.74) is 8.65. The molecule has 0 saturated carbocycles. The molecule has 0 N–H and O–H groups in total. The second-order valence-electron chi connectivity index (χ2n) is 8.39. The van der Waals surface area contributed by atoms with Gasteiger partial charge in [-0.15, -0.1) is 0 Å². The highest BCUT2D eigenvalue weighted by molar-refractivity contribution is 6.11. The first-order chi connectivity index (χ1) is 15.9. The Morgan fingerprint density at radius 3 is 1.97 bits per heavy atom. The van der Waals surface area contributed by atoms with Crippen LogP contribution in [0.25, 0.3) is 61.2 Å². The summed E-state index contributed by atoms with van der Waals surface area (Å²) in [6.07, 6.45) is 6.41. The maximum atomic E-state index is 6.39. The van der Waals surface area contributed by atoms with Gasteiger partial charge in [0.2, 0.25) is 0 Å². The van der Waals surface area contributed by atoms with Gasteiger partial charge < -0.3 is 8.83 Å². The molecule has 0 amide bonds. The number of benzene rings is 4. The third kappa shape index (κ3) is 2.47. The number of allylic oxidation sites excluding steroid dienone is 1. The molecule has 1 aliphatic rings. The highest BCUT2D eigenvalue weighted by Crippen LogP contribution is 2.43. The average Bonchev–Trinajstić information content (AvgIpc) is 3.42. The molecule has 0 aliphatic heterocycles. The van der Waals surface area contributed by atoms with Crippen molar-refractivity contribution in [3.05, 3.63) is 102 Å². The molecule has 0 atom stereocenters. The molecule has 4 aromatic carbocycles. The smallest absolute Gasteiger partial charge is 0.143 e. The quantitative estimate of drug-likeness (QED) is 0.284. The predicted molar refractivity (Wildman–Crippen MR) is 132 cm³/mol. The summed E-state index contributed by atoms with van der Waals surface area (Å²) in [5.74, 6) is 0.996. The zero-order chi connectivity index (χ0) is 21.1. The third-order valence-corrected chi connectivity index (χ3v) is 6.59. The van der Waals surface area contributed by atoms with E-state index in [1.807, 2.05) is 12.1 Å². The molecule has 1 aliphatic carbocycles. The Hall–Kier alpha value is -4.04. The molecular formula is C30H20O2. The number of para-hydroxylation sites is 3. The van der Waals surface area contributed by atoms with Crippen LogP contribution in [0.1, 0.15) is 17.7 Å². The lowest BCUT2D eigenvalue weighted by molar-refractivity contribution is 0.596. The highest BCUT2D eigenvalue weighted by Gasteiger charge is 2.20. The maximum Gasteiger partial charge on any atom is 0.143 e. The molecule has 2 nitrogen and oxygen atoms in total. The van der Waals surface area contributed by atoms with Crippen LogP contribution < -0.4 is 0 Å². The lowest BCUT2D eigenvalue weighted by Crippen LogP contribution is -1.89. The van der Waals surface area contributed by atoms with Gasteiger partial charge in [0.15, 0.2) is 0 Å². The summed E-state index contributed by atoms with van der Waals surface area (Å²) in [5, 5.41) is 3.51. The van der Waals surface area contributed by atoms with Gasteiger partial charge in [0.25, 0.3) is 0 Å². The standard InChI is InChI=1S/C30H20O2/c1-2-10-20(24-14-8-16-26-22-12-4-6-18-28(22)32-30(24)26)19(9-1)23-13-7-15-25-21-11-3-5-17-27(21)31-29(23)25/h1-3,5-11,13-18H,4,12H2. The van der Waals surface area contributed by atoms with E-state index in [0.29, 0.717) is 0 Å². The van der Waals surface area contributed by atoms with Gasteiger partial charge in [-0.25, -0.2) is 0 Å². The second kappa shape index (κ2) is 6.73. The van der Waals surface area contributed by atoms with E-state index >= 15 is 0 Å². The molecule has 0 radical (unpaired) electrons. The van der Waals surface area contributed by atoms with Crippen molar-refractivity contribution in [2.45, 2.75) is 12.8 Å². The fourth-order valence-corrected chi connectivity index (χ4v) is 5.12. The molecule has 32 heavy (non-hydrogen) atoms. The Bertz CT molecular complexity index is 1680. The van der Waals surface area contributed by atoms with Crippen molar-refractivity contribution in [1.29, 1.82) is 0 Å². The van der Waals surface area contributed by atoms with Crippen molar-refractivity contribution >= 4 is 39.0 Å². The molecule has 6 aromatic rings. The van der Waals surface area contributed by atoms with Crippen molar-refractivity contribution in [2.24, 2.45) is 0 Å². The number of hydrogen-bond donors (Lipinski definition) is 0. The molecule has 0 saturated heterocycles. The van der Waals surface area contributed by atoms with E-state index < -0.39 is 0 Å². The first-order valence-corrected chi connectivity index (χ1v) is 11.1. The molecule has 2 heteroatoms. The van der Waals surface area contributed by atoms with Crippen LogP contribution in [-0.2, 0) is 6.42 Å². The summed E-state index contributed by atoms with van der Waals surface area (Å²) in [4.78, 5) is 0. The van der Waals surface area contributed by atoms with Crippen molar-refractivity contribution in [2.75, 3.05) is 0 Å². The monoisotopic (exact) mass is 412 g/mol. The molecule has 2 aromatic heterocycles. The first kappa shape index (κ1) is 17.6. The van der Waals surface area contributed by atoms with Crippen LogP contribution in [0.3, 0.4) is 0 Å². The number of rotatable bonds is 2. The summed E-state index contributed by atoms with van der Waals surface area (Å²) < 4.78 is 12.7. The highest BCUT2D eigenvalue weighted by atomic mass is 16.3. The first-order valence-electron chi connectivity index (χ1n) is 11.1. The lowest BCUT2D eigenvalue weighted by atomic mass is 9.92. The number of fused-ring (bicyclic) bond motifs is 6. The zero-order valence-corrected chi connectivity index (χ0v) is 17.5.